The molecule has 1 amide bonds. The number of benzene rings is 2. The first-order valence-corrected chi connectivity index (χ1v) is 18.2. The van der Waals surface area contributed by atoms with Gasteiger partial charge in [-0.3, -0.25) is 9.63 Å². The lowest BCUT2D eigenvalue weighted by Crippen LogP contribution is -2.62. The van der Waals surface area contributed by atoms with Gasteiger partial charge in [0.05, 0.1) is 20.3 Å². The summed E-state index contributed by atoms with van der Waals surface area (Å²) < 4.78 is 6.15. The number of carbonyl (C=O) groups excluding carboxylic acids is 1. The summed E-state index contributed by atoms with van der Waals surface area (Å²) in [6.07, 6.45) is 5.15. The van der Waals surface area contributed by atoms with E-state index in [0.29, 0.717) is 29.7 Å². The Labute approximate surface area is 290 Å². The highest BCUT2D eigenvalue weighted by molar-refractivity contribution is 5.83. The molecule has 1 saturated heterocycles. The summed E-state index contributed by atoms with van der Waals surface area (Å²) in [4.78, 5) is 25.1. The van der Waals surface area contributed by atoms with Crippen LogP contribution in [0.1, 0.15) is 71.4 Å². The summed E-state index contributed by atoms with van der Waals surface area (Å²) in [6.45, 7) is 12.7. The number of unbranched alkanes of at least 4 members (excludes halogenated alkanes) is 1. The van der Waals surface area contributed by atoms with Crippen molar-refractivity contribution in [2.45, 2.75) is 91.5 Å². The minimum Gasteiger partial charge on any atom is -0.496 e. The lowest BCUT2D eigenvalue weighted by Gasteiger charge is -2.62. The van der Waals surface area contributed by atoms with E-state index >= 15 is 0 Å². The van der Waals surface area contributed by atoms with Crippen LogP contribution in [0.5, 0.6) is 5.75 Å². The molecule has 2 N–H and O–H groups in total. The second-order valence-corrected chi connectivity index (χ2v) is 16.3. The van der Waals surface area contributed by atoms with E-state index in [4.69, 9.17) is 9.57 Å². The fraction of sp³-hybridized carbons (Fsp3) is 0.675. The van der Waals surface area contributed by atoms with Gasteiger partial charge < -0.3 is 25.0 Å². The van der Waals surface area contributed by atoms with E-state index in [-0.39, 0.29) is 30.4 Å². The van der Waals surface area contributed by atoms with Crippen LogP contribution in [0.2, 0.25) is 0 Å². The summed E-state index contributed by atoms with van der Waals surface area (Å²) in [5, 5.41) is 15.7. The molecule has 4 aliphatic rings. The summed E-state index contributed by atoms with van der Waals surface area (Å²) in [6, 6.07) is 12.7. The van der Waals surface area contributed by atoms with Crippen molar-refractivity contribution >= 4 is 11.6 Å². The molecule has 0 radical (unpaired) electrons. The van der Waals surface area contributed by atoms with E-state index in [1.807, 2.05) is 5.06 Å². The standard InChI is InChI=1S/C40H62N4O4/c1-25(2)36-35(24-45)48-44(37(36)39(46)41-34-22-30-21-33(26(34)3)40(30,4)5)23-28-15-13-16-32(38(28)47-10)29-18-27(14-11-12-17-42(6)7)19-31(20-29)43(8)9/h13,15-16,18-20,25-26,30,33-37,45H,11-12,14,17,21-24H2,1-10H3,(H,41,46)/t26-,30+,33+,34-,35-,36-,37-/m0/s1. The first-order valence-electron chi connectivity index (χ1n) is 18.2. The van der Waals surface area contributed by atoms with E-state index in [9.17, 15) is 9.90 Å². The van der Waals surface area contributed by atoms with Gasteiger partial charge in [0.2, 0.25) is 5.91 Å². The van der Waals surface area contributed by atoms with Crippen molar-refractivity contribution in [1.82, 2.24) is 15.3 Å². The summed E-state index contributed by atoms with van der Waals surface area (Å²) in [5.41, 5.74) is 5.90. The van der Waals surface area contributed by atoms with Crippen LogP contribution in [0, 0.1) is 35.0 Å². The van der Waals surface area contributed by atoms with Crippen LogP contribution in [0.4, 0.5) is 5.69 Å². The summed E-state index contributed by atoms with van der Waals surface area (Å²) >= 11 is 0. The van der Waals surface area contributed by atoms with E-state index in [1.165, 1.54) is 12.0 Å². The van der Waals surface area contributed by atoms with E-state index in [2.05, 4.69) is 114 Å². The Bertz CT molecular complexity index is 1410. The number of anilines is 1. The highest BCUT2D eigenvalue weighted by Crippen LogP contribution is 2.61. The van der Waals surface area contributed by atoms with Crippen molar-refractivity contribution in [3.05, 3.63) is 47.5 Å². The molecule has 7 atom stereocenters. The molecular weight excluding hydrogens is 600 g/mol. The van der Waals surface area contributed by atoms with Crippen LogP contribution in [0.15, 0.2) is 36.4 Å². The maximum atomic E-state index is 14.3. The van der Waals surface area contributed by atoms with Crippen molar-refractivity contribution in [2.24, 2.45) is 35.0 Å². The SMILES string of the molecule is COc1c(CN2O[C@@H](CO)[C@H](C(C)C)[C@H]2C(=O)N[C@H]2C[C@H]3C[C@H]([C@@H]2C)C3(C)C)cccc1-c1cc(CCCCN(C)C)cc(N(C)C)c1. The van der Waals surface area contributed by atoms with Crippen LogP contribution in [-0.4, -0.2) is 87.6 Å². The van der Waals surface area contributed by atoms with E-state index < -0.39 is 12.1 Å². The molecule has 0 aromatic heterocycles. The average Bonchev–Trinajstić information content (AvgIpc) is 3.42. The van der Waals surface area contributed by atoms with Crippen molar-refractivity contribution < 1.29 is 19.5 Å². The van der Waals surface area contributed by atoms with Gasteiger partial charge >= 0.3 is 0 Å². The zero-order valence-corrected chi connectivity index (χ0v) is 31.3. The Morgan fingerprint density at radius 1 is 1.12 bits per heavy atom. The maximum Gasteiger partial charge on any atom is 0.240 e. The molecule has 6 rings (SSSR count). The normalized spacial score (nSPS) is 28.1. The minimum absolute atomic E-state index is 0.00770. The molecule has 1 heterocycles. The lowest BCUT2D eigenvalue weighted by atomic mass is 9.45. The Kier molecular flexibility index (Phi) is 11.5. The fourth-order valence-corrected chi connectivity index (χ4v) is 9.04. The molecule has 0 unspecified atom stereocenters. The third-order valence-electron chi connectivity index (χ3n) is 12.0. The van der Waals surface area contributed by atoms with Gasteiger partial charge in [-0.15, -0.1) is 0 Å². The van der Waals surface area contributed by atoms with Crippen LogP contribution < -0.4 is 15.0 Å². The van der Waals surface area contributed by atoms with E-state index in [1.54, 1.807) is 7.11 Å². The average molecular weight is 663 g/mol. The molecule has 48 heavy (non-hydrogen) atoms. The number of amides is 1. The zero-order chi connectivity index (χ0) is 34.9. The zero-order valence-electron chi connectivity index (χ0n) is 31.3. The predicted molar refractivity (Wildman–Crippen MR) is 195 cm³/mol. The molecule has 8 nitrogen and oxygen atoms in total. The maximum absolute atomic E-state index is 14.3. The number of aliphatic hydroxyl groups is 1. The summed E-state index contributed by atoms with van der Waals surface area (Å²) in [7, 11) is 10.1. The molecule has 4 fully saturated rings. The molecule has 8 heteroatoms. The fourth-order valence-electron chi connectivity index (χ4n) is 9.04. The number of para-hydroxylation sites is 1. The molecule has 0 spiro atoms. The highest BCUT2D eigenvalue weighted by atomic mass is 16.7. The number of fused-ring (bicyclic) bond motifs is 2. The van der Waals surface area contributed by atoms with Gasteiger partial charge in [0, 0.05) is 42.9 Å². The number of aryl methyl sites for hydroxylation is 1. The Morgan fingerprint density at radius 3 is 2.48 bits per heavy atom. The van der Waals surface area contributed by atoms with Crippen LogP contribution in [-0.2, 0) is 22.6 Å². The third-order valence-corrected chi connectivity index (χ3v) is 12.0. The number of nitrogens with zero attached hydrogens (tertiary/aromatic N) is 3. The van der Waals surface area contributed by atoms with Crippen molar-refractivity contribution in [2.75, 3.05) is 53.4 Å². The molecule has 1 aliphatic heterocycles. The molecular formula is C40H62N4O4. The van der Waals surface area contributed by atoms with Crippen LogP contribution >= 0.6 is 0 Å². The van der Waals surface area contributed by atoms with Crippen molar-refractivity contribution in [1.29, 1.82) is 0 Å². The third kappa shape index (κ3) is 7.42. The topological polar surface area (TPSA) is 77.5 Å². The van der Waals surface area contributed by atoms with Crippen LogP contribution in [0.3, 0.4) is 0 Å². The van der Waals surface area contributed by atoms with Crippen molar-refractivity contribution in [3.8, 4) is 16.9 Å². The molecule has 2 aromatic carbocycles. The molecule has 3 saturated carbocycles. The van der Waals surface area contributed by atoms with Crippen molar-refractivity contribution in [3.63, 3.8) is 0 Å². The lowest BCUT2D eigenvalue weighted by molar-refractivity contribution is -0.183. The smallest absolute Gasteiger partial charge is 0.240 e. The largest absolute Gasteiger partial charge is 0.496 e. The number of aliphatic hydroxyl groups excluding tert-OH is 1. The first-order chi connectivity index (χ1) is 22.8. The number of hydrogen-bond donors (Lipinski definition) is 2. The second-order valence-electron chi connectivity index (χ2n) is 16.3. The highest BCUT2D eigenvalue weighted by Gasteiger charge is 2.57. The number of methoxy groups -OCH3 is 1. The molecule has 3 aliphatic carbocycles. The number of carbonyl (C=O) groups is 1. The Morgan fingerprint density at radius 2 is 1.88 bits per heavy atom. The van der Waals surface area contributed by atoms with Gasteiger partial charge in [0.1, 0.15) is 17.9 Å². The molecule has 2 aromatic rings. The Balaban J connectivity index is 1.42. The number of ether oxygens (including phenoxy) is 1. The predicted octanol–water partition coefficient (Wildman–Crippen LogP) is 6.25. The van der Waals surface area contributed by atoms with Gasteiger partial charge in [-0.25, -0.2) is 0 Å². The minimum atomic E-state index is -0.514. The monoisotopic (exact) mass is 662 g/mol. The van der Waals surface area contributed by atoms with E-state index in [0.717, 1.165) is 60.4 Å². The molecule has 266 valence electrons. The first kappa shape index (κ1) is 36.6. The van der Waals surface area contributed by atoms with Gasteiger partial charge in [0.15, 0.2) is 0 Å². The number of rotatable bonds is 14. The number of hydroxylamine groups is 2. The van der Waals surface area contributed by atoms with Gasteiger partial charge in [-0.1, -0.05) is 58.9 Å². The van der Waals surface area contributed by atoms with Gasteiger partial charge in [-0.05, 0) is 105 Å². The summed E-state index contributed by atoms with van der Waals surface area (Å²) in [5.74, 6) is 2.53. The second kappa shape index (κ2) is 15.1. The number of nitrogens with one attached hydrogen (secondary N) is 1. The quantitative estimate of drug-likeness (QED) is 0.232. The van der Waals surface area contributed by atoms with Crippen LogP contribution in [0.25, 0.3) is 11.1 Å². The van der Waals surface area contributed by atoms with Gasteiger partial charge in [-0.2, -0.15) is 5.06 Å². The Hall–Kier alpha value is -2.65. The number of hydrogen-bond acceptors (Lipinski definition) is 7. The molecule has 2 bridgehead atoms. The van der Waals surface area contributed by atoms with Gasteiger partial charge in [0.25, 0.3) is 0 Å².